The van der Waals surface area contributed by atoms with E-state index < -0.39 is 0 Å². The number of esters is 1. The van der Waals surface area contributed by atoms with Crippen LogP contribution in [0.5, 0.6) is 0 Å². The summed E-state index contributed by atoms with van der Waals surface area (Å²) in [6.07, 6.45) is 2.50. The van der Waals surface area contributed by atoms with Crippen molar-refractivity contribution in [3.8, 4) is 0 Å². The first-order valence-corrected chi connectivity index (χ1v) is 12.0. The number of aromatic nitrogens is 2. The molecule has 0 spiro atoms. The Morgan fingerprint density at radius 1 is 1.15 bits per heavy atom. The number of imidazole rings is 1. The highest BCUT2D eigenvalue weighted by Crippen LogP contribution is 2.29. The molecule has 1 atom stereocenters. The van der Waals surface area contributed by atoms with Crippen molar-refractivity contribution in [1.82, 2.24) is 14.5 Å². The highest BCUT2D eigenvalue weighted by Gasteiger charge is 2.29. The molecule has 1 amide bonds. The van der Waals surface area contributed by atoms with Crippen LogP contribution in [0.15, 0.2) is 42.5 Å². The number of piperidine rings is 1. The Balaban J connectivity index is 1.53. The lowest BCUT2D eigenvalue weighted by Gasteiger charge is -2.31. The van der Waals surface area contributed by atoms with Crippen molar-refractivity contribution < 1.29 is 14.3 Å². The first kappa shape index (κ1) is 23.6. The average molecular weight is 488 g/mol. The maximum absolute atomic E-state index is 13.0. The van der Waals surface area contributed by atoms with Crippen LogP contribution in [-0.4, -0.2) is 46.0 Å². The molecule has 6 nitrogen and oxygen atoms in total. The number of hydrogen-bond donors (Lipinski definition) is 0. The van der Waals surface area contributed by atoms with Gasteiger partial charge in [0.15, 0.2) is 0 Å². The second-order valence-corrected chi connectivity index (χ2v) is 9.09. The van der Waals surface area contributed by atoms with Crippen molar-refractivity contribution in [2.45, 2.75) is 39.2 Å². The molecule has 0 bridgehead atoms. The summed E-state index contributed by atoms with van der Waals surface area (Å²) in [4.78, 5) is 31.8. The Labute approximate surface area is 203 Å². The molecule has 174 valence electrons. The van der Waals surface area contributed by atoms with E-state index in [0.29, 0.717) is 49.1 Å². The lowest BCUT2D eigenvalue weighted by Crippen LogP contribution is -2.43. The van der Waals surface area contributed by atoms with E-state index in [-0.39, 0.29) is 17.8 Å². The zero-order valence-electron chi connectivity index (χ0n) is 18.6. The van der Waals surface area contributed by atoms with Crippen molar-refractivity contribution in [1.29, 1.82) is 0 Å². The molecular weight excluding hydrogens is 461 g/mol. The van der Waals surface area contributed by atoms with Crippen molar-refractivity contribution in [3.05, 3.63) is 63.9 Å². The molecule has 2 heterocycles. The summed E-state index contributed by atoms with van der Waals surface area (Å²) >= 11 is 12.5. The first-order chi connectivity index (χ1) is 16.0. The standard InChI is InChI=1S/C25H27Cl2N3O3/c1-2-33-25(32)18-9-6-11-29(16-18)24(31)10-12-30-22-15-20(27)19(26)14-21(22)28-23(30)13-17-7-4-3-5-8-17/h3-5,7-8,14-15,18H,2,6,9-13,16H2,1H3/t18-/m0/s1. The fourth-order valence-electron chi connectivity index (χ4n) is 4.35. The number of carbonyl (C=O) groups is 2. The van der Waals surface area contributed by atoms with Gasteiger partial charge < -0.3 is 14.2 Å². The third-order valence-electron chi connectivity index (χ3n) is 6.02. The van der Waals surface area contributed by atoms with Crippen LogP contribution in [0, 0.1) is 5.92 Å². The van der Waals surface area contributed by atoms with E-state index in [9.17, 15) is 9.59 Å². The van der Waals surface area contributed by atoms with E-state index in [1.54, 1.807) is 17.9 Å². The van der Waals surface area contributed by atoms with Crippen LogP contribution in [0.4, 0.5) is 0 Å². The van der Waals surface area contributed by atoms with E-state index in [4.69, 9.17) is 32.9 Å². The lowest BCUT2D eigenvalue weighted by atomic mass is 9.98. The molecule has 1 aliphatic heterocycles. The van der Waals surface area contributed by atoms with Gasteiger partial charge in [0.2, 0.25) is 5.91 Å². The van der Waals surface area contributed by atoms with Crippen LogP contribution < -0.4 is 0 Å². The minimum atomic E-state index is -0.244. The maximum atomic E-state index is 13.0. The number of carbonyl (C=O) groups excluding carboxylic acids is 2. The van der Waals surface area contributed by atoms with Gasteiger partial charge >= 0.3 is 5.97 Å². The first-order valence-electron chi connectivity index (χ1n) is 11.3. The third-order valence-corrected chi connectivity index (χ3v) is 6.74. The second-order valence-electron chi connectivity index (χ2n) is 8.28. The van der Waals surface area contributed by atoms with Crippen LogP contribution >= 0.6 is 23.2 Å². The molecule has 8 heteroatoms. The number of hydrogen-bond acceptors (Lipinski definition) is 4. The van der Waals surface area contributed by atoms with E-state index in [0.717, 1.165) is 35.3 Å². The Morgan fingerprint density at radius 2 is 1.91 bits per heavy atom. The van der Waals surface area contributed by atoms with Crippen LogP contribution in [-0.2, 0) is 27.3 Å². The quantitative estimate of drug-likeness (QED) is 0.433. The number of rotatable bonds is 7. The van der Waals surface area contributed by atoms with Crippen LogP contribution in [0.3, 0.4) is 0 Å². The summed E-state index contributed by atoms with van der Waals surface area (Å²) in [5, 5.41) is 0.908. The van der Waals surface area contributed by atoms with Crippen molar-refractivity contribution in [3.63, 3.8) is 0 Å². The highest BCUT2D eigenvalue weighted by atomic mass is 35.5. The second kappa shape index (κ2) is 10.6. The molecule has 4 rings (SSSR count). The lowest BCUT2D eigenvalue weighted by molar-refractivity contribution is -0.151. The summed E-state index contributed by atoms with van der Waals surface area (Å²) in [6, 6.07) is 13.7. The van der Waals surface area contributed by atoms with Crippen molar-refractivity contribution in [2.24, 2.45) is 5.92 Å². The van der Waals surface area contributed by atoms with Crippen LogP contribution in [0.25, 0.3) is 11.0 Å². The average Bonchev–Trinajstić information content (AvgIpc) is 3.14. The Hall–Kier alpha value is -2.57. The van der Waals surface area contributed by atoms with Gasteiger partial charge in [-0.15, -0.1) is 0 Å². The molecule has 0 aliphatic carbocycles. The third kappa shape index (κ3) is 5.50. The van der Waals surface area contributed by atoms with E-state index in [2.05, 4.69) is 16.7 Å². The van der Waals surface area contributed by atoms with Crippen molar-refractivity contribution in [2.75, 3.05) is 19.7 Å². The fraction of sp³-hybridized carbons (Fsp3) is 0.400. The molecule has 0 radical (unpaired) electrons. The highest BCUT2D eigenvalue weighted by molar-refractivity contribution is 6.42. The van der Waals surface area contributed by atoms with Crippen LogP contribution in [0.2, 0.25) is 10.0 Å². The largest absolute Gasteiger partial charge is 0.466 e. The summed E-state index contributed by atoms with van der Waals surface area (Å²) < 4.78 is 7.21. The van der Waals surface area contributed by atoms with Crippen molar-refractivity contribution >= 4 is 46.1 Å². The number of aryl methyl sites for hydroxylation is 1. The number of likely N-dealkylation sites (tertiary alicyclic amines) is 1. The minimum Gasteiger partial charge on any atom is -0.466 e. The minimum absolute atomic E-state index is 0.0246. The van der Waals surface area contributed by atoms with Gasteiger partial charge in [0.25, 0.3) is 0 Å². The normalized spacial score (nSPS) is 16.2. The molecule has 0 N–H and O–H groups in total. The monoisotopic (exact) mass is 487 g/mol. The molecule has 1 saturated heterocycles. The van der Waals surface area contributed by atoms with E-state index >= 15 is 0 Å². The Bertz CT molecular complexity index is 1150. The number of ether oxygens (including phenoxy) is 1. The van der Waals surface area contributed by atoms with Gasteiger partial charge in [0.05, 0.1) is 33.6 Å². The number of benzene rings is 2. The molecule has 2 aromatic carbocycles. The zero-order chi connectivity index (χ0) is 23.4. The molecular formula is C25H27Cl2N3O3. The predicted octanol–water partition coefficient (Wildman–Crippen LogP) is 5.13. The predicted molar refractivity (Wildman–Crippen MR) is 130 cm³/mol. The van der Waals surface area contributed by atoms with E-state index in [1.165, 1.54) is 0 Å². The smallest absolute Gasteiger partial charge is 0.310 e. The van der Waals surface area contributed by atoms with Gasteiger partial charge in [0, 0.05) is 32.5 Å². The summed E-state index contributed by atoms with van der Waals surface area (Å²) in [5.74, 6) is 0.417. The maximum Gasteiger partial charge on any atom is 0.310 e. The Morgan fingerprint density at radius 3 is 2.67 bits per heavy atom. The van der Waals surface area contributed by atoms with Gasteiger partial charge in [-0.05, 0) is 37.5 Å². The van der Waals surface area contributed by atoms with Crippen LogP contribution in [0.1, 0.15) is 37.6 Å². The van der Waals surface area contributed by atoms with Gasteiger partial charge in [-0.3, -0.25) is 9.59 Å². The number of fused-ring (bicyclic) bond motifs is 1. The van der Waals surface area contributed by atoms with Gasteiger partial charge in [0.1, 0.15) is 5.82 Å². The fourth-order valence-corrected chi connectivity index (χ4v) is 4.67. The molecule has 1 fully saturated rings. The molecule has 0 saturated carbocycles. The zero-order valence-corrected chi connectivity index (χ0v) is 20.1. The SMILES string of the molecule is CCOC(=O)[C@H]1CCCN(C(=O)CCn2c(Cc3ccccc3)nc3cc(Cl)c(Cl)cc32)C1. The molecule has 0 unspecified atom stereocenters. The molecule has 3 aromatic rings. The van der Waals surface area contributed by atoms with Gasteiger partial charge in [-0.25, -0.2) is 4.98 Å². The number of nitrogens with zero attached hydrogens (tertiary/aromatic N) is 3. The number of amides is 1. The van der Waals surface area contributed by atoms with Gasteiger partial charge in [-0.2, -0.15) is 0 Å². The summed E-state index contributed by atoms with van der Waals surface area (Å²) in [7, 11) is 0. The van der Waals surface area contributed by atoms with Gasteiger partial charge in [-0.1, -0.05) is 53.5 Å². The van der Waals surface area contributed by atoms with E-state index in [1.807, 2.05) is 24.3 Å². The molecule has 33 heavy (non-hydrogen) atoms. The Kier molecular flexibility index (Phi) is 7.56. The number of halogens is 2. The molecule has 1 aliphatic rings. The topological polar surface area (TPSA) is 64.4 Å². The summed E-state index contributed by atoms with van der Waals surface area (Å²) in [6.45, 7) is 3.70. The molecule has 1 aromatic heterocycles. The summed E-state index contributed by atoms with van der Waals surface area (Å²) in [5.41, 5.74) is 2.74.